The monoisotopic (exact) mass is 487 g/mol. The Bertz CT molecular complexity index is 1510. The molecule has 0 heterocycles. The molecule has 2 N–H and O–H groups in total. The molecular weight excluding hydrogens is 466 g/mol. The van der Waals surface area contributed by atoms with Crippen molar-refractivity contribution in [1.82, 2.24) is 5.43 Å². The lowest BCUT2D eigenvalue weighted by Crippen LogP contribution is -2.17. The summed E-state index contributed by atoms with van der Waals surface area (Å²) in [6, 6.07) is 25.0. The third kappa shape index (κ3) is 6.10. The molecule has 0 aliphatic heterocycles. The number of carbonyl (C=O) groups is 2. The van der Waals surface area contributed by atoms with Gasteiger partial charge < -0.3 is 9.50 Å². The van der Waals surface area contributed by atoms with E-state index in [9.17, 15) is 18.0 Å². The first-order valence-corrected chi connectivity index (χ1v) is 12.0. The zero-order chi connectivity index (χ0) is 24.8. The number of hydrogen-bond acceptors (Lipinski definition) is 6. The fourth-order valence-electron chi connectivity index (χ4n) is 3.25. The average molecular weight is 488 g/mol. The van der Waals surface area contributed by atoms with E-state index in [2.05, 4.69) is 15.8 Å². The number of hydrogen-bond donors (Lipinski definition) is 2. The van der Waals surface area contributed by atoms with Gasteiger partial charge in [0.05, 0.1) is 6.21 Å². The summed E-state index contributed by atoms with van der Waals surface area (Å²) in [6.07, 6.45) is 1.44. The van der Waals surface area contributed by atoms with Gasteiger partial charge in [0.15, 0.2) is 0 Å². The third-order valence-electron chi connectivity index (χ3n) is 4.94. The minimum absolute atomic E-state index is 0.0476. The summed E-state index contributed by atoms with van der Waals surface area (Å²) in [7, 11) is -4.05. The van der Waals surface area contributed by atoms with Gasteiger partial charge in [-0.25, -0.2) is 5.43 Å². The molecule has 0 fully saturated rings. The Labute approximate surface area is 202 Å². The van der Waals surface area contributed by atoms with Crippen molar-refractivity contribution >= 4 is 44.6 Å². The molecule has 4 rings (SSSR count). The first-order chi connectivity index (χ1) is 16.8. The maximum Gasteiger partial charge on any atom is 0.339 e. The molecule has 0 spiro atoms. The molecule has 0 unspecified atom stereocenters. The van der Waals surface area contributed by atoms with Crippen molar-refractivity contribution in [3.63, 3.8) is 0 Å². The van der Waals surface area contributed by atoms with Crippen LogP contribution in [0.25, 0.3) is 10.8 Å². The van der Waals surface area contributed by atoms with Gasteiger partial charge in [0.1, 0.15) is 10.6 Å². The van der Waals surface area contributed by atoms with Crippen LogP contribution >= 0.6 is 0 Å². The average Bonchev–Trinajstić information content (AvgIpc) is 2.84. The molecule has 4 aromatic carbocycles. The van der Waals surface area contributed by atoms with Gasteiger partial charge in [0.2, 0.25) is 5.91 Å². The molecule has 0 bridgehead atoms. The van der Waals surface area contributed by atoms with E-state index in [1.165, 1.54) is 49.5 Å². The lowest BCUT2D eigenvalue weighted by atomic mass is 10.1. The van der Waals surface area contributed by atoms with Crippen LogP contribution in [0.1, 0.15) is 22.8 Å². The summed E-state index contributed by atoms with van der Waals surface area (Å²) in [5, 5.41) is 8.53. The number of nitrogens with zero attached hydrogens (tertiary/aromatic N) is 1. The summed E-state index contributed by atoms with van der Waals surface area (Å²) in [4.78, 5) is 23.4. The van der Waals surface area contributed by atoms with Crippen molar-refractivity contribution in [2.75, 3.05) is 5.32 Å². The zero-order valence-electron chi connectivity index (χ0n) is 18.6. The van der Waals surface area contributed by atoms with Gasteiger partial charge in [-0.3, -0.25) is 9.59 Å². The van der Waals surface area contributed by atoms with Gasteiger partial charge in [0, 0.05) is 18.2 Å². The number of benzene rings is 4. The van der Waals surface area contributed by atoms with E-state index in [0.29, 0.717) is 16.8 Å². The third-order valence-corrected chi connectivity index (χ3v) is 6.20. The molecule has 0 radical (unpaired) electrons. The predicted octanol–water partition coefficient (Wildman–Crippen LogP) is 4.33. The quantitative estimate of drug-likeness (QED) is 0.229. The largest absolute Gasteiger partial charge is 0.379 e. The fourth-order valence-corrected chi connectivity index (χ4v) is 4.18. The lowest BCUT2D eigenvalue weighted by molar-refractivity contribution is -0.114. The van der Waals surface area contributed by atoms with Gasteiger partial charge in [-0.15, -0.1) is 0 Å². The highest BCUT2D eigenvalue weighted by molar-refractivity contribution is 7.87. The first kappa shape index (κ1) is 23.7. The molecule has 4 aromatic rings. The van der Waals surface area contributed by atoms with Crippen molar-refractivity contribution in [2.24, 2.45) is 5.10 Å². The van der Waals surface area contributed by atoms with Crippen molar-refractivity contribution < 1.29 is 22.2 Å². The summed E-state index contributed by atoms with van der Waals surface area (Å²) in [6.45, 7) is 1.36. The summed E-state index contributed by atoms with van der Waals surface area (Å²) >= 11 is 0. The number of nitrogens with one attached hydrogen (secondary N) is 2. The van der Waals surface area contributed by atoms with Crippen molar-refractivity contribution in [3.8, 4) is 5.75 Å². The predicted molar refractivity (Wildman–Crippen MR) is 134 cm³/mol. The standard InChI is InChI=1S/C26H21N3O5S/c1-18(30)28-23-10-14-25(15-11-23)35(32,33)34-24-12-6-19(7-13-24)17-27-29-26(31)22-9-8-20-4-2-3-5-21(20)16-22/h2-17H,1H3,(H,28,30)(H,29,31)/b27-17+. The van der Waals surface area contributed by atoms with Gasteiger partial charge in [-0.2, -0.15) is 13.5 Å². The fraction of sp³-hybridized carbons (Fsp3) is 0.0385. The van der Waals surface area contributed by atoms with Crippen LogP contribution in [0, 0.1) is 0 Å². The van der Waals surface area contributed by atoms with E-state index in [-0.39, 0.29) is 22.5 Å². The molecule has 0 atom stereocenters. The first-order valence-electron chi connectivity index (χ1n) is 10.5. The second kappa shape index (κ2) is 10.2. The second-order valence-electron chi connectivity index (χ2n) is 7.57. The highest BCUT2D eigenvalue weighted by Crippen LogP contribution is 2.21. The maximum absolute atomic E-state index is 12.5. The Morgan fingerprint density at radius 2 is 1.54 bits per heavy atom. The molecule has 8 nitrogen and oxygen atoms in total. The lowest BCUT2D eigenvalue weighted by Gasteiger charge is -2.08. The molecule has 0 aliphatic carbocycles. The Morgan fingerprint density at radius 3 is 2.23 bits per heavy atom. The zero-order valence-corrected chi connectivity index (χ0v) is 19.5. The molecular formula is C26H21N3O5S. The number of fused-ring (bicyclic) bond motifs is 1. The highest BCUT2D eigenvalue weighted by Gasteiger charge is 2.16. The maximum atomic E-state index is 12.5. The number of amides is 2. The molecule has 2 amide bonds. The molecule has 35 heavy (non-hydrogen) atoms. The minimum Gasteiger partial charge on any atom is -0.379 e. The topological polar surface area (TPSA) is 114 Å². The normalized spacial score (nSPS) is 11.3. The van der Waals surface area contributed by atoms with Crippen LogP contribution in [0.5, 0.6) is 5.75 Å². The van der Waals surface area contributed by atoms with E-state index < -0.39 is 10.1 Å². The van der Waals surface area contributed by atoms with Crippen molar-refractivity contribution in [2.45, 2.75) is 11.8 Å². The molecule has 0 aromatic heterocycles. The molecule has 176 valence electrons. The van der Waals surface area contributed by atoms with Crippen LogP contribution in [0.15, 0.2) is 101 Å². The van der Waals surface area contributed by atoms with Gasteiger partial charge in [-0.05, 0) is 77.0 Å². The smallest absolute Gasteiger partial charge is 0.339 e. The van der Waals surface area contributed by atoms with Crippen LogP contribution in [0.3, 0.4) is 0 Å². The van der Waals surface area contributed by atoms with Gasteiger partial charge in [-0.1, -0.05) is 30.3 Å². The van der Waals surface area contributed by atoms with E-state index in [1.54, 1.807) is 24.3 Å². The Hall–Kier alpha value is -4.50. The van der Waals surface area contributed by atoms with Crippen LogP contribution < -0.4 is 14.9 Å². The summed E-state index contributed by atoms with van der Waals surface area (Å²) < 4.78 is 30.2. The molecule has 0 aliphatic rings. The van der Waals surface area contributed by atoms with Gasteiger partial charge in [0.25, 0.3) is 5.91 Å². The molecule has 0 saturated carbocycles. The van der Waals surface area contributed by atoms with Crippen molar-refractivity contribution in [3.05, 3.63) is 102 Å². The molecule has 9 heteroatoms. The summed E-state index contributed by atoms with van der Waals surface area (Å²) in [5.41, 5.74) is 4.08. The second-order valence-corrected chi connectivity index (χ2v) is 9.12. The minimum atomic E-state index is -4.05. The SMILES string of the molecule is CC(=O)Nc1ccc(S(=O)(=O)Oc2ccc(/C=N/NC(=O)c3ccc4ccccc4c3)cc2)cc1. The van der Waals surface area contributed by atoms with Crippen LogP contribution in [-0.2, 0) is 14.9 Å². The van der Waals surface area contributed by atoms with E-state index >= 15 is 0 Å². The summed E-state index contributed by atoms with van der Waals surface area (Å²) in [5.74, 6) is -0.482. The van der Waals surface area contributed by atoms with E-state index in [0.717, 1.165) is 10.8 Å². The number of rotatable bonds is 7. The number of hydrazone groups is 1. The van der Waals surface area contributed by atoms with Crippen LogP contribution in [0.4, 0.5) is 5.69 Å². The Balaban J connectivity index is 1.36. The van der Waals surface area contributed by atoms with Crippen LogP contribution in [-0.4, -0.2) is 26.4 Å². The van der Waals surface area contributed by atoms with E-state index in [4.69, 9.17) is 4.18 Å². The van der Waals surface area contributed by atoms with E-state index in [1.807, 2.05) is 30.3 Å². The Kier molecular flexibility index (Phi) is 6.88. The molecule has 0 saturated heterocycles. The number of anilines is 1. The van der Waals surface area contributed by atoms with Crippen molar-refractivity contribution in [1.29, 1.82) is 0 Å². The highest BCUT2D eigenvalue weighted by atomic mass is 32.2. The number of carbonyl (C=O) groups excluding carboxylic acids is 2. The Morgan fingerprint density at radius 1 is 0.857 bits per heavy atom. The van der Waals surface area contributed by atoms with Gasteiger partial charge >= 0.3 is 10.1 Å². The van der Waals surface area contributed by atoms with Crippen LogP contribution in [0.2, 0.25) is 0 Å².